The molecule has 1 fully saturated rings. The maximum atomic E-state index is 13.5. The molecule has 0 saturated carbocycles. The molecule has 2 aromatic carbocycles. The van der Waals surface area contributed by atoms with Gasteiger partial charge in [-0.05, 0) is 86.9 Å². The minimum atomic E-state index is -0.723. The SMILES string of the molecule is CSCC[C@H](NC(=O)c1cc(NCC2CC(S)CN2)ccc1CCc1ccc(F)cc1)C(=O)OC(C)C. The van der Waals surface area contributed by atoms with Crippen LogP contribution in [0.1, 0.15) is 48.2 Å². The highest BCUT2D eigenvalue weighted by atomic mass is 32.2. The van der Waals surface area contributed by atoms with Crippen LogP contribution in [-0.2, 0) is 22.4 Å². The van der Waals surface area contributed by atoms with Crippen LogP contribution < -0.4 is 16.0 Å². The quantitative estimate of drug-likeness (QED) is 0.219. The fourth-order valence-corrected chi connectivity index (χ4v) is 5.11. The molecular weight excluding hydrogens is 509 g/mol. The van der Waals surface area contributed by atoms with Gasteiger partial charge in [0.2, 0.25) is 0 Å². The lowest BCUT2D eigenvalue weighted by Gasteiger charge is -2.20. The van der Waals surface area contributed by atoms with Crippen LogP contribution in [-0.4, -0.2) is 60.4 Å². The summed E-state index contributed by atoms with van der Waals surface area (Å²) < 4.78 is 18.7. The van der Waals surface area contributed by atoms with E-state index in [1.165, 1.54) is 12.1 Å². The molecule has 202 valence electrons. The molecule has 0 bridgehead atoms. The summed E-state index contributed by atoms with van der Waals surface area (Å²) in [6, 6.07) is 11.8. The Labute approximate surface area is 229 Å². The molecule has 3 atom stereocenters. The summed E-state index contributed by atoms with van der Waals surface area (Å²) in [4.78, 5) is 26.2. The predicted octanol–water partition coefficient (Wildman–Crippen LogP) is 4.49. The molecule has 0 spiro atoms. The molecule has 9 heteroatoms. The van der Waals surface area contributed by atoms with Gasteiger partial charge in [0, 0.05) is 35.6 Å². The van der Waals surface area contributed by atoms with Crippen molar-refractivity contribution in [2.24, 2.45) is 0 Å². The van der Waals surface area contributed by atoms with Gasteiger partial charge in [0.15, 0.2) is 0 Å². The van der Waals surface area contributed by atoms with Gasteiger partial charge in [-0.1, -0.05) is 18.2 Å². The summed E-state index contributed by atoms with van der Waals surface area (Å²) in [6.45, 7) is 5.20. The van der Waals surface area contributed by atoms with Crippen LogP contribution in [0.4, 0.5) is 10.1 Å². The van der Waals surface area contributed by atoms with E-state index in [0.717, 1.165) is 42.1 Å². The maximum absolute atomic E-state index is 13.5. The number of carbonyl (C=O) groups is 2. The van der Waals surface area contributed by atoms with Crippen molar-refractivity contribution in [1.29, 1.82) is 0 Å². The Bertz CT molecular complexity index is 1040. The Balaban J connectivity index is 1.78. The summed E-state index contributed by atoms with van der Waals surface area (Å²) in [5.41, 5.74) is 3.21. The van der Waals surface area contributed by atoms with Gasteiger partial charge in [0.1, 0.15) is 11.9 Å². The van der Waals surface area contributed by atoms with Gasteiger partial charge in [0.05, 0.1) is 6.10 Å². The third-order valence-corrected chi connectivity index (χ3v) is 7.29. The zero-order valence-electron chi connectivity index (χ0n) is 21.8. The Morgan fingerprint density at radius 2 is 1.95 bits per heavy atom. The summed E-state index contributed by atoms with van der Waals surface area (Å²) in [7, 11) is 0. The van der Waals surface area contributed by atoms with Crippen LogP contribution in [0.5, 0.6) is 0 Å². The largest absolute Gasteiger partial charge is 0.461 e. The number of thioether (sulfide) groups is 1. The van der Waals surface area contributed by atoms with E-state index in [-0.39, 0.29) is 17.8 Å². The van der Waals surface area contributed by atoms with Crippen LogP contribution >= 0.6 is 24.4 Å². The van der Waals surface area contributed by atoms with E-state index in [0.29, 0.717) is 36.1 Å². The Kier molecular flexibility index (Phi) is 11.6. The molecule has 3 rings (SSSR count). The highest BCUT2D eigenvalue weighted by Gasteiger charge is 2.25. The van der Waals surface area contributed by atoms with Gasteiger partial charge in [-0.3, -0.25) is 4.79 Å². The van der Waals surface area contributed by atoms with Crippen molar-refractivity contribution in [2.75, 3.05) is 30.4 Å². The highest BCUT2D eigenvalue weighted by Crippen LogP contribution is 2.21. The lowest BCUT2D eigenvalue weighted by atomic mass is 9.98. The van der Waals surface area contributed by atoms with Crippen molar-refractivity contribution < 1.29 is 18.7 Å². The molecule has 1 aliphatic heterocycles. The number of carbonyl (C=O) groups excluding carboxylic acids is 2. The first-order valence-electron chi connectivity index (χ1n) is 12.8. The fourth-order valence-electron chi connectivity index (χ4n) is 4.28. The first kappa shape index (κ1) is 29.3. The second kappa shape index (κ2) is 14.6. The van der Waals surface area contributed by atoms with E-state index in [1.807, 2.05) is 24.5 Å². The number of aryl methyl sites for hydroxylation is 2. The average Bonchev–Trinajstić information content (AvgIpc) is 3.29. The Morgan fingerprint density at radius 1 is 1.19 bits per heavy atom. The molecule has 1 heterocycles. The molecule has 2 aromatic rings. The number of halogens is 1. The van der Waals surface area contributed by atoms with Crippen molar-refractivity contribution in [1.82, 2.24) is 10.6 Å². The van der Waals surface area contributed by atoms with Crippen molar-refractivity contribution in [2.45, 2.75) is 63.0 Å². The normalized spacial score (nSPS) is 18.0. The molecule has 3 N–H and O–H groups in total. The third-order valence-electron chi connectivity index (χ3n) is 6.25. The second-order valence-electron chi connectivity index (χ2n) is 9.67. The first-order chi connectivity index (χ1) is 17.7. The summed E-state index contributed by atoms with van der Waals surface area (Å²) in [6.07, 6.45) is 4.43. The summed E-state index contributed by atoms with van der Waals surface area (Å²) in [5, 5.41) is 10.2. The van der Waals surface area contributed by atoms with Gasteiger partial charge in [0.25, 0.3) is 5.91 Å². The number of nitrogens with one attached hydrogen (secondary N) is 3. The topological polar surface area (TPSA) is 79.5 Å². The molecular formula is C28H38FN3O3S2. The van der Waals surface area contributed by atoms with Crippen molar-refractivity contribution >= 4 is 42.0 Å². The smallest absolute Gasteiger partial charge is 0.328 e. The molecule has 1 aliphatic rings. The van der Waals surface area contributed by atoms with Gasteiger partial charge >= 0.3 is 5.97 Å². The molecule has 0 aliphatic carbocycles. The standard InChI is InChI=1S/C28H38FN3O3S2/c1-18(2)35-28(34)26(12-13-37-3)32-27(33)25-15-22(30-16-23-14-24(36)17-31-23)11-8-20(25)7-4-19-5-9-21(29)10-6-19/h5-6,8-11,15,18,23-24,26,30-31,36H,4,7,12-14,16-17H2,1-3H3,(H,32,33)/t23?,24?,26-/m0/s1. The second-order valence-corrected chi connectivity index (χ2v) is 11.4. The number of ether oxygens (including phenoxy) is 1. The van der Waals surface area contributed by atoms with E-state index in [1.54, 1.807) is 37.7 Å². The number of hydrogen-bond acceptors (Lipinski definition) is 7. The Morgan fingerprint density at radius 3 is 2.59 bits per heavy atom. The molecule has 1 saturated heterocycles. The number of hydrogen-bond donors (Lipinski definition) is 4. The summed E-state index contributed by atoms with van der Waals surface area (Å²) in [5.74, 6) is -0.283. The van der Waals surface area contributed by atoms with Gasteiger partial charge in [-0.25, -0.2) is 9.18 Å². The van der Waals surface area contributed by atoms with Gasteiger partial charge in [-0.2, -0.15) is 24.4 Å². The lowest BCUT2D eigenvalue weighted by molar-refractivity contribution is -0.149. The number of thiol groups is 1. The van der Waals surface area contributed by atoms with E-state index in [2.05, 4.69) is 28.6 Å². The number of anilines is 1. The number of amides is 1. The third kappa shape index (κ3) is 9.54. The van der Waals surface area contributed by atoms with Crippen LogP contribution in [0.15, 0.2) is 42.5 Å². The molecule has 0 radical (unpaired) electrons. The lowest BCUT2D eigenvalue weighted by Crippen LogP contribution is -2.43. The number of rotatable bonds is 13. The van der Waals surface area contributed by atoms with E-state index >= 15 is 0 Å². The van der Waals surface area contributed by atoms with Crippen LogP contribution in [0.2, 0.25) is 0 Å². The van der Waals surface area contributed by atoms with Crippen molar-refractivity contribution in [3.8, 4) is 0 Å². The van der Waals surface area contributed by atoms with Crippen LogP contribution in [0.25, 0.3) is 0 Å². The molecule has 0 aromatic heterocycles. The highest BCUT2D eigenvalue weighted by molar-refractivity contribution is 7.98. The zero-order valence-corrected chi connectivity index (χ0v) is 23.5. The zero-order chi connectivity index (χ0) is 26.8. The van der Waals surface area contributed by atoms with Gasteiger partial charge < -0.3 is 20.7 Å². The molecule has 1 amide bonds. The summed E-state index contributed by atoms with van der Waals surface area (Å²) >= 11 is 6.15. The first-order valence-corrected chi connectivity index (χ1v) is 14.7. The van der Waals surface area contributed by atoms with E-state index < -0.39 is 12.0 Å². The molecule has 6 nitrogen and oxygen atoms in total. The van der Waals surface area contributed by atoms with Gasteiger partial charge in [-0.15, -0.1) is 0 Å². The van der Waals surface area contributed by atoms with Crippen LogP contribution in [0, 0.1) is 5.82 Å². The van der Waals surface area contributed by atoms with Crippen molar-refractivity contribution in [3.63, 3.8) is 0 Å². The van der Waals surface area contributed by atoms with E-state index in [9.17, 15) is 14.0 Å². The predicted molar refractivity (Wildman–Crippen MR) is 153 cm³/mol. The monoisotopic (exact) mass is 547 g/mol. The minimum absolute atomic E-state index is 0.263. The minimum Gasteiger partial charge on any atom is -0.461 e. The Hall–Kier alpha value is -2.23. The van der Waals surface area contributed by atoms with E-state index in [4.69, 9.17) is 4.74 Å². The fraction of sp³-hybridized carbons (Fsp3) is 0.500. The number of esters is 1. The number of benzene rings is 2. The maximum Gasteiger partial charge on any atom is 0.328 e. The van der Waals surface area contributed by atoms with Crippen LogP contribution in [0.3, 0.4) is 0 Å². The molecule has 2 unspecified atom stereocenters. The average molecular weight is 548 g/mol. The molecule has 37 heavy (non-hydrogen) atoms. The van der Waals surface area contributed by atoms with Crippen molar-refractivity contribution in [3.05, 3.63) is 65.0 Å².